The number of thioether (sulfide) groups is 1. The molecule has 0 aliphatic carbocycles. The third-order valence-electron chi connectivity index (χ3n) is 5.42. The van der Waals surface area contributed by atoms with Crippen molar-refractivity contribution >= 4 is 45.1 Å². The Bertz CT molecular complexity index is 1300. The molecule has 11 nitrogen and oxygen atoms in total. The van der Waals surface area contributed by atoms with Gasteiger partial charge in [-0.3, -0.25) is 9.59 Å². The van der Waals surface area contributed by atoms with Crippen LogP contribution in [0.4, 0.5) is 11.4 Å². The number of hydrogen-bond donors (Lipinski definition) is 2. The number of anilines is 2. The number of rotatable bonds is 8. The molecule has 0 fully saturated rings. The lowest BCUT2D eigenvalue weighted by atomic mass is 10.2. The van der Waals surface area contributed by atoms with E-state index in [0.29, 0.717) is 46.4 Å². The molecule has 3 N–H and O–H groups in total. The standard InChI is InChI=1S/C23H26N4O7S2/c1-32-15-6-5-7-16(12-15)33-14-21(28)26-11-10-19-20(13-26)35-23(27(19)34-36(2,30)31)22(29)25-18-9-4-3-8-17(18)24/h3-9,12,23H,10-11,13-14,24H2,1-2H3,(H,25,29). The maximum absolute atomic E-state index is 13.1. The van der Waals surface area contributed by atoms with E-state index in [-0.39, 0.29) is 19.1 Å². The average Bonchev–Trinajstić information content (AvgIpc) is 3.20. The van der Waals surface area contributed by atoms with E-state index in [4.69, 9.17) is 19.5 Å². The lowest BCUT2D eigenvalue weighted by Crippen LogP contribution is -2.42. The number of carbonyl (C=O) groups is 2. The molecule has 0 saturated heterocycles. The van der Waals surface area contributed by atoms with Crippen molar-refractivity contribution in [2.45, 2.75) is 11.8 Å². The number of nitrogen functional groups attached to an aromatic ring is 1. The van der Waals surface area contributed by atoms with Crippen molar-refractivity contribution in [3.63, 3.8) is 0 Å². The molecule has 2 aliphatic rings. The van der Waals surface area contributed by atoms with Gasteiger partial charge in [0.1, 0.15) is 11.5 Å². The summed E-state index contributed by atoms with van der Waals surface area (Å²) in [6.07, 6.45) is 1.22. The quantitative estimate of drug-likeness (QED) is 0.483. The molecule has 0 radical (unpaired) electrons. The van der Waals surface area contributed by atoms with Gasteiger partial charge in [-0.1, -0.05) is 30.0 Å². The number of carbonyl (C=O) groups excluding carboxylic acids is 2. The summed E-state index contributed by atoms with van der Waals surface area (Å²) >= 11 is 1.13. The molecule has 1 unspecified atom stereocenters. The molecular formula is C23H26N4O7S2. The first-order chi connectivity index (χ1) is 17.1. The third kappa shape index (κ3) is 6.04. The summed E-state index contributed by atoms with van der Waals surface area (Å²) in [7, 11) is -2.37. The summed E-state index contributed by atoms with van der Waals surface area (Å²) in [5.74, 6) is 0.364. The SMILES string of the molecule is COc1cccc(OCC(=O)N2CCC3=C(C2)SC(C(=O)Nc2ccccc2N)N3OS(C)(=O)=O)c1. The van der Waals surface area contributed by atoms with Gasteiger partial charge in [-0.2, -0.15) is 8.42 Å². The summed E-state index contributed by atoms with van der Waals surface area (Å²) in [5.41, 5.74) is 7.24. The average molecular weight is 535 g/mol. The summed E-state index contributed by atoms with van der Waals surface area (Å²) in [5, 5.41) is 2.81. The van der Waals surface area contributed by atoms with Crippen molar-refractivity contribution in [1.82, 2.24) is 9.96 Å². The van der Waals surface area contributed by atoms with E-state index in [1.54, 1.807) is 60.5 Å². The molecule has 4 rings (SSSR count). The number of nitrogens with zero attached hydrogens (tertiary/aromatic N) is 2. The predicted molar refractivity (Wildman–Crippen MR) is 135 cm³/mol. The maximum atomic E-state index is 13.1. The fourth-order valence-electron chi connectivity index (χ4n) is 3.72. The van der Waals surface area contributed by atoms with Crippen LogP contribution in [0.5, 0.6) is 11.5 Å². The molecular weight excluding hydrogens is 508 g/mol. The van der Waals surface area contributed by atoms with Crippen molar-refractivity contribution in [2.75, 3.05) is 44.1 Å². The van der Waals surface area contributed by atoms with Crippen LogP contribution < -0.4 is 20.5 Å². The van der Waals surface area contributed by atoms with Crippen molar-refractivity contribution in [3.8, 4) is 11.5 Å². The highest BCUT2D eigenvalue weighted by Crippen LogP contribution is 2.43. The molecule has 13 heteroatoms. The zero-order chi connectivity index (χ0) is 25.9. The van der Waals surface area contributed by atoms with Crippen LogP contribution in [0.3, 0.4) is 0 Å². The Hall–Kier alpha value is -3.42. The molecule has 0 bridgehead atoms. The fourth-order valence-corrected chi connectivity index (χ4v) is 5.50. The van der Waals surface area contributed by atoms with E-state index in [0.717, 1.165) is 23.1 Å². The number of ether oxygens (including phenoxy) is 2. The van der Waals surface area contributed by atoms with Crippen molar-refractivity contribution in [1.29, 1.82) is 0 Å². The second-order valence-electron chi connectivity index (χ2n) is 8.05. The van der Waals surface area contributed by atoms with Crippen molar-refractivity contribution in [3.05, 3.63) is 59.1 Å². The van der Waals surface area contributed by atoms with E-state index in [2.05, 4.69) is 5.32 Å². The lowest BCUT2D eigenvalue weighted by molar-refractivity contribution is -0.134. The minimum atomic E-state index is -3.92. The maximum Gasteiger partial charge on any atom is 0.285 e. The molecule has 1 atom stereocenters. The van der Waals surface area contributed by atoms with Gasteiger partial charge in [-0.05, 0) is 24.3 Å². The number of methoxy groups -OCH3 is 1. The minimum Gasteiger partial charge on any atom is -0.497 e. The Morgan fingerprint density at radius 1 is 1.17 bits per heavy atom. The molecule has 192 valence electrons. The Kier molecular flexibility index (Phi) is 7.62. The Labute approximate surface area is 213 Å². The second-order valence-corrected chi connectivity index (χ2v) is 10.8. The van der Waals surface area contributed by atoms with Gasteiger partial charge in [0.25, 0.3) is 21.9 Å². The zero-order valence-electron chi connectivity index (χ0n) is 19.7. The van der Waals surface area contributed by atoms with Crippen LogP contribution in [0.25, 0.3) is 0 Å². The molecule has 2 aromatic rings. The van der Waals surface area contributed by atoms with Gasteiger partial charge in [0.15, 0.2) is 12.0 Å². The third-order valence-corrected chi connectivity index (χ3v) is 7.13. The predicted octanol–water partition coefficient (Wildman–Crippen LogP) is 2.00. The van der Waals surface area contributed by atoms with Crippen molar-refractivity contribution < 1.29 is 31.8 Å². The highest BCUT2D eigenvalue weighted by Gasteiger charge is 2.43. The number of nitrogens with two attached hydrogens (primary N) is 1. The van der Waals surface area contributed by atoms with Gasteiger partial charge < -0.3 is 25.4 Å². The summed E-state index contributed by atoms with van der Waals surface area (Å²) in [6, 6.07) is 13.7. The Morgan fingerprint density at radius 2 is 1.92 bits per heavy atom. The monoisotopic (exact) mass is 534 g/mol. The molecule has 2 aliphatic heterocycles. The summed E-state index contributed by atoms with van der Waals surface area (Å²) in [6.45, 7) is 0.325. The second kappa shape index (κ2) is 10.7. The molecule has 2 aromatic carbocycles. The van der Waals surface area contributed by atoms with E-state index in [9.17, 15) is 18.0 Å². The van der Waals surface area contributed by atoms with Crippen LogP contribution in [-0.2, 0) is 24.0 Å². The smallest absolute Gasteiger partial charge is 0.285 e. The number of benzene rings is 2. The highest BCUT2D eigenvalue weighted by molar-refractivity contribution is 8.04. The molecule has 0 spiro atoms. The first-order valence-corrected chi connectivity index (χ1v) is 13.6. The van der Waals surface area contributed by atoms with Gasteiger partial charge in [0, 0.05) is 23.9 Å². The van der Waals surface area contributed by atoms with Crippen LogP contribution in [0, 0.1) is 0 Å². The zero-order valence-corrected chi connectivity index (χ0v) is 21.3. The molecule has 0 saturated carbocycles. The van der Waals surface area contributed by atoms with E-state index in [1.807, 2.05) is 0 Å². The van der Waals surface area contributed by atoms with Gasteiger partial charge in [0.05, 0.1) is 37.0 Å². The van der Waals surface area contributed by atoms with Crippen LogP contribution >= 0.6 is 11.8 Å². The number of hydrogen-bond acceptors (Lipinski definition) is 10. The van der Waals surface area contributed by atoms with Gasteiger partial charge in [0.2, 0.25) is 0 Å². The molecule has 0 aromatic heterocycles. The van der Waals surface area contributed by atoms with Crippen LogP contribution in [-0.4, -0.2) is 68.6 Å². The number of hydroxylamine groups is 2. The lowest BCUT2D eigenvalue weighted by Gasteiger charge is -2.30. The van der Waals surface area contributed by atoms with Gasteiger partial charge in [-0.15, -0.1) is 4.28 Å². The van der Waals surface area contributed by atoms with E-state index in [1.165, 1.54) is 0 Å². The minimum absolute atomic E-state index is 0.179. The van der Waals surface area contributed by atoms with Gasteiger partial charge >= 0.3 is 0 Å². The first-order valence-electron chi connectivity index (χ1n) is 10.9. The highest BCUT2D eigenvalue weighted by atomic mass is 32.2. The molecule has 2 amide bonds. The normalized spacial score (nSPS) is 17.6. The fraction of sp³-hybridized carbons (Fsp3) is 0.304. The Morgan fingerprint density at radius 3 is 2.64 bits per heavy atom. The van der Waals surface area contributed by atoms with E-state index >= 15 is 0 Å². The number of para-hydroxylation sites is 2. The number of amides is 2. The first kappa shape index (κ1) is 25.7. The summed E-state index contributed by atoms with van der Waals surface area (Å²) in [4.78, 5) is 28.2. The largest absolute Gasteiger partial charge is 0.497 e. The van der Waals surface area contributed by atoms with Gasteiger partial charge in [-0.25, -0.2) is 5.06 Å². The van der Waals surface area contributed by atoms with E-state index < -0.39 is 21.4 Å². The van der Waals surface area contributed by atoms with Crippen LogP contribution in [0.15, 0.2) is 59.1 Å². The molecule has 2 heterocycles. The van der Waals surface area contributed by atoms with Crippen LogP contribution in [0.1, 0.15) is 6.42 Å². The Balaban J connectivity index is 1.45. The van der Waals surface area contributed by atoms with Crippen molar-refractivity contribution in [2.24, 2.45) is 0 Å². The molecule has 36 heavy (non-hydrogen) atoms. The van der Waals surface area contributed by atoms with Crippen LogP contribution in [0.2, 0.25) is 0 Å². The number of nitrogens with one attached hydrogen (secondary N) is 1. The topological polar surface area (TPSA) is 140 Å². The summed E-state index contributed by atoms with van der Waals surface area (Å²) < 4.78 is 39.8.